The second-order valence-corrected chi connectivity index (χ2v) is 7.26. The highest BCUT2D eigenvalue weighted by Crippen LogP contribution is 2.32. The van der Waals surface area contributed by atoms with Gasteiger partial charge in [0.2, 0.25) is 0 Å². The van der Waals surface area contributed by atoms with Gasteiger partial charge < -0.3 is 9.47 Å². The zero-order valence-electron chi connectivity index (χ0n) is 14.9. The molecule has 0 aromatic heterocycles. The van der Waals surface area contributed by atoms with Gasteiger partial charge in [0.15, 0.2) is 0 Å². The summed E-state index contributed by atoms with van der Waals surface area (Å²) in [5.41, 5.74) is 1.73. The highest BCUT2D eigenvalue weighted by molar-refractivity contribution is 8.18. The van der Waals surface area contributed by atoms with Crippen LogP contribution >= 0.6 is 23.4 Å². The minimum absolute atomic E-state index is 0.253. The minimum atomic E-state index is -0.647. The molecule has 0 unspecified atom stereocenters. The van der Waals surface area contributed by atoms with Gasteiger partial charge in [0.1, 0.15) is 18.9 Å². The lowest BCUT2D eigenvalue weighted by Crippen LogP contribution is -2.34. The highest BCUT2D eigenvalue weighted by atomic mass is 35.5. The number of benzene rings is 2. The molecule has 3 rings (SSSR count). The molecule has 2 amide bonds. The minimum Gasteiger partial charge on any atom is -0.489 e. The Morgan fingerprint density at radius 1 is 1.11 bits per heavy atom. The van der Waals surface area contributed by atoms with E-state index in [2.05, 4.69) is 4.74 Å². The van der Waals surface area contributed by atoms with Gasteiger partial charge in [-0.3, -0.25) is 19.3 Å². The predicted molar refractivity (Wildman–Crippen MR) is 107 cm³/mol. The third-order valence-corrected chi connectivity index (χ3v) is 5.04. The van der Waals surface area contributed by atoms with Gasteiger partial charge in [0, 0.05) is 5.02 Å². The smallest absolute Gasteiger partial charge is 0.325 e. The molecule has 0 saturated carbocycles. The van der Waals surface area contributed by atoms with Gasteiger partial charge in [-0.2, -0.15) is 0 Å². The molecule has 1 saturated heterocycles. The number of imide groups is 1. The summed E-state index contributed by atoms with van der Waals surface area (Å²) in [5.74, 6) is -0.486. The van der Waals surface area contributed by atoms with Crippen molar-refractivity contribution in [3.05, 3.63) is 69.6 Å². The van der Waals surface area contributed by atoms with E-state index in [-0.39, 0.29) is 4.91 Å². The Hall–Kier alpha value is -2.77. The Morgan fingerprint density at radius 3 is 2.43 bits per heavy atom. The van der Waals surface area contributed by atoms with E-state index in [1.807, 2.05) is 12.1 Å². The summed E-state index contributed by atoms with van der Waals surface area (Å²) in [6.45, 7) is 0.0128. The molecule has 0 bridgehead atoms. The van der Waals surface area contributed by atoms with Crippen LogP contribution in [0, 0.1) is 0 Å². The second kappa shape index (κ2) is 8.95. The van der Waals surface area contributed by atoms with Crippen molar-refractivity contribution in [2.24, 2.45) is 0 Å². The Bertz CT molecular complexity index is 925. The van der Waals surface area contributed by atoms with Gasteiger partial charge in [-0.15, -0.1) is 0 Å². The standard InChI is InChI=1S/C20H16ClNO5S/c1-26-18(23)11-22-19(24)17(28-20(22)25)10-13-4-8-16(9-5-13)27-12-14-2-6-15(21)7-3-14/h2-10H,11-12H2,1H3/b17-10+. The van der Waals surface area contributed by atoms with Crippen LogP contribution < -0.4 is 4.74 Å². The summed E-state index contributed by atoms with van der Waals surface area (Å²) in [6, 6.07) is 14.5. The van der Waals surface area contributed by atoms with E-state index in [9.17, 15) is 14.4 Å². The number of amides is 2. The molecule has 2 aromatic rings. The van der Waals surface area contributed by atoms with Crippen LogP contribution in [-0.2, 0) is 20.9 Å². The van der Waals surface area contributed by atoms with Crippen molar-refractivity contribution in [2.45, 2.75) is 6.61 Å². The van der Waals surface area contributed by atoms with Gasteiger partial charge in [0.05, 0.1) is 12.0 Å². The maximum absolute atomic E-state index is 12.3. The van der Waals surface area contributed by atoms with Crippen molar-refractivity contribution in [3.8, 4) is 5.75 Å². The van der Waals surface area contributed by atoms with Crippen molar-refractivity contribution >= 4 is 46.6 Å². The van der Waals surface area contributed by atoms with Crippen LogP contribution in [0.5, 0.6) is 5.75 Å². The number of methoxy groups -OCH3 is 1. The number of nitrogens with zero attached hydrogens (tertiary/aromatic N) is 1. The molecule has 2 aromatic carbocycles. The van der Waals surface area contributed by atoms with Crippen LogP contribution in [-0.4, -0.2) is 35.7 Å². The van der Waals surface area contributed by atoms with E-state index in [0.717, 1.165) is 27.8 Å². The van der Waals surface area contributed by atoms with E-state index >= 15 is 0 Å². The molecule has 28 heavy (non-hydrogen) atoms. The molecule has 0 aliphatic carbocycles. The first-order chi connectivity index (χ1) is 13.5. The van der Waals surface area contributed by atoms with E-state index in [4.69, 9.17) is 16.3 Å². The average molecular weight is 418 g/mol. The van der Waals surface area contributed by atoms with E-state index in [0.29, 0.717) is 17.4 Å². The first-order valence-corrected chi connectivity index (χ1v) is 9.45. The molecule has 0 radical (unpaired) electrons. The van der Waals surface area contributed by atoms with Crippen LogP contribution in [0.15, 0.2) is 53.4 Å². The molecule has 144 valence electrons. The molecular weight excluding hydrogens is 402 g/mol. The number of ether oxygens (including phenoxy) is 2. The van der Waals surface area contributed by atoms with E-state index in [1.165, 1.54) is 7.11 Å². The summed E-state index contributed by atoms with van der Waals surface area (Å²) < 4.78 is 10.2. The molecule has 6 nitrogen and oxygen atoms in total. The molecule has 0 atom stereocenters. The fraction of sp³-hybridized carbons (Fsp3) is 0.150. The van der Waals surface area contributed by atoms with Crippen molar-refractivity contribution in [1.29, 1.82) is 0 Å². The fourth-order valence-electron chi connectivity index (χ4n) is 2.39. The lowest BCUT2D eigenvalue weighted by atomic mass is 10.2. The van der Waals surface area contributed by atoms with Crippen LogP contribution in [0.2, 0.25) is 5.02 Å². The predicted octanol–water partition coefficient (Wildman–Crippen LogP) is 4.13. The lowest BCUT2D eigenvalue weighted by Gasteiger charge is -2.09. The molecular formula is C20H16ClNO5S. The van der Waals surface area contributed by atoms with Crippen LogP contribution in [0.1, 0.15) is 11.1 Å². The Labute approximate surface area is 171 Å². The van der Waals surface area contributed by atoms with Gasteiger partial charge in [-0.1, -0.05) is 35.9 Å². The monoisotopic (exact) mass is 417 g/mol. The number of hydrogen-bond donors (Lipinski definition) is 0. The number of carbonyl (C=O) groups excluding carboxylic acids is 3. The number of carbonyl (C=O) groups is 3. The van der Waals surface area contributed by atoms with Crippen molar-refractivity contribution in [2.75, 3.05) is 13.7 Å². The Balaban J connectivity index is 1.63. The van der Waals surface area contributed by atoms with Crippen LogP contribution in [0.4, 0.5) is 4.79 Å². The molecule has 1 aliphatic heterocycles. The molecule has 1 heterocycles. The van der Waals surface area contributed by atoms with Gasteiger partial charge >= 0.3 is 5.97 Å². The lowest BCUT2D eigenvalue weighted by molar-refractivity contribution is -0.143. The zero-order chi connectivity index (χ0) is 20.1. The normalized spacial score (nSPS) is 15.2. The number of rotatable bonds is 6. The third-order valence-electron chi connectivity index (χ3n) is 3.89. The van der Waals surface area contributed by atoms with E-state index < -0.39 is 23.7 Å². The number of esters is 1. The summed E-state index contributed by atoms with van der Waals surface area (Å²) in [5, 5.41) is 0.175. The summed E-state index contributed by atoms with van der Waals surface area (Å²) in [6.07, 6.45) is 1.60. The summed E-state index contributed by atoms with van der Waals surface area (Å²) in [4.78, 5) is 36.7. The zero-order valence-corrected chi connectivity index (χ0v) is 16.5. The Kier molecular flexibility index (Phi) is 6.38. The maximum atomic E-state index is 12.3. The largest absolute Gasteiger partial charge is 0.489 e. The topological polar surface area (TPSA) is 72.9 Å². The van der Waals surface area contributed by atoms with Crippen molar-refractivity contribution in [3.63, 3.8) is 0 Å². The fourth-order valence-corrected chi connectivity index (χ4v) is 3.35. The quantitative estimate of drug-likeness (QED) is 0.519. The SMILES string of the molecule is COC(=O)CN1C(=O)S/C(=C/c2ccc(OCc3ccc(Cl)cc3)cc2)C1=O. The number of halogens is 1. The summed E-state index contributed by atoms with van der Waals surface area (Å²) >= 11 is 6.65. The van der Waals surface area contributed by atoms with Gasteiger partial charge in [0.25, 0.3) is 11.1 Å². The van der Waals surface area contributed by atoms with Gasteiger partial charge in [-0.05, 0) is 53.2 Å². The molecule has 8 heteroatoms. The Morgan fingerprint density at radius 2 is 1.79 bits per heavy atom. The first kappa shape index (κ1) is 20.0. The van der Waals surface area contributed by atoms with Crippen molar-refractivity contribution < 1.29 is 23.9 Å². The number of thioether (sulfide) groups is 1. The maximum Gasteiger partial charge on any atom is 0.325 e. The second-order valence-electron chi connectivity index (χ2n) is 5.83. The number of hydrogen-bond acceptors (Lipinski definition) is 6. The van der Waals surface area contributed by atoms with Crippen molar-refractivity contribution in [1.82, 2.24) is 4.90 Å². The first-order valence-electron chi connectivity index (χ1n) is 8.26. The van der Waals surface area contributed by atoms with Crippen LogP contribution in [0.3, 0.4) is 0 Å². The molecule has 1 fully saturated rings. The summed E-state index contributed by atoms with van der Waals surface area (Å²) in [7, 11) is 1.20. The van der Waals surface area contributed by atoms with Gasteiger partial charge in [-0.25, -0.2) is 0 Å². The average Bonchev–Trinajstić information content (AvgIpc) is 2.96. The van der Waals surface area contributed by atoms with E-state index in [1.54, 1.807) is 42.5 Å². The highest BCUT2D eigenvalue weighted by Gasteiger charge is 2.36. The third kappa shape index (κ3) is 4.94. The molecule has 0 spiro atoms. The molecule has 1 aliphatic rings. The van der Waals surface area contributed by atoms with Crippen LogP contribution in [0.25, 0.3) is 6.08 Å². The molecule has 0 N–H and O–H groups in total.